The number of ether oxygens (including phenoxy) is 3. The van der Waals surface area contributed by atoms with Gasteiger partial charge in [0.1, 0.15) is 29.1 Å². The molecule has 0 bridgehead atoms. The number of rotatable bonds is 23. The zero-order valence-electron chi connectivity index (χ0n) is 66.4. The number of pyridine rings is 3. The summed E-state index contributed by atoms with van der Waals surface area (Å²) in [7, 11) is 0.111. The summed E-state index contributed by atoms with van der Waals surface area (Å²) in [6.45, 7) is 12.6. The number of nitrogen functional groups attached to an aromatic ring is 3. The maximum atomic E-state index is 14.0. The van der Waals surface area contributed by atoms with Crippen LogP contribution in [0, 0.1) is 70.3 Å². The van der Waals surface area contributed by atoms with Crippen molar-refractivity contribution in [1.29, 1.82) is 5.26 Å². The number of para-hydroxylation sites is 3. The normalized spacial score (nSPS) is 12.1. The fourth-order valence-corrected chi connectivity index (χ4v) is 14.5. The maximum absolute atomic E-state index is 14.0. The molecule has 29 heteroatoms. The molecule has 0 atom stereocenters. The lowest BCUT2D eigenvalue weighted by atomic mass is 9.97. The number of benzene rings is 6. The minimum atomic E-state index is -3.44. The highest BCUT2D eigenvalue weighted by Crippen LogP contribution is 2.37. The van der Waals surface area contributed by atoms with E-state index in [2.05, 4.69) is 47.7 Å². The summed E-state index contributed by atoms with van der Waals surface area (Å²) < 4.78 is 97.8. The van der Waals surface area contributed by atoms with Crippen LogP contribution in [0.2, 0.25) is 0 Å². The van der Waals surface area contributed by atoms with Crippen molar-refractivity contribution in [3.05, 3.63) is 299 Å². The van der Waals surface area contributed by atoms with E-state index in [0.717, 1.165) is 72.3 Å². The Bertz CT molecular complexity index is 5980. The van der Waals surface area contributed by atoms with E-state index in [1.165, 1.54) is 64.5 Å². The van der Waals surface area contributed by atoms with Gasteiger partial charge < -0.3 is 42.0 Å². The largest absolute Gasteiger partial charge is 0.436 e. The standard InChI is InChI=1S/C30H28F2N4O4S.C26H22FN5O2.C19H20N2O2.C13H13FN2O.CH3I.ClH.H2/c1-18-10-20-12-22(13-21(20)14-23(18)17-41(38,39)9-5-8-31)29(37)24-15-35-36(30(24)33)26-16-34-28(11-19(26)2)40-27-7-4-3-6-25(27)32;1-14-7-16-9-18(10-17(16)11-21(14)28)25(33)19-12-31-32(26(19)29)22-13-30-24(8-15(22)2)34-23-6-4-3-5-20(23)27;1-12-5-15-8-17(19(23)18(10-20)11-21(3)4)9-16(15)7-14(12)6-13(2)22;1-9-6-13(16-8-10(9)7-15)17-12-5-3-2-4-11(12)14;1-2;;/h3-4,6-7,10-12,14-16H,5,8-9,13,17,33H2,1-2H3;3-9,11-13H,10,28-29H2,1-2H3;5,7-8,11H,6,9H2,1-4H3;2-6,8H,7,15H2,1H3;1H3;2*1H/i;;;;;;1+2. The second kappa shape index (κ2) is 39.9. The van der Waals surface area contributed by atoms with Crippen molar-refractivity contribution in [2.75, 3.05) is 48.7 Å². The molecule has 0 spiro atoms. The second-order valence-corrected chi connectivity index (χ2v) is 30.3. The van der Waals surface area contributed by atoms with Crippen molar-refractivity contribution in [3.63, 3.8) is 0 Å². The molecule has 22 nitrogen and oxygen atoms in total. The number of sulfone groups is 1. The summed E-state index contributed by atoms with van der Waals surface area (Å²) in [6.07, 6.45) is 16.3. The molecule has 11 aromatic rings. The van der Waals surface area contributed by atoms with Crippen molar-refractivity contribution in [2.24, 2.45) is 5.73 Å². The molecule has 0 radical (unpaired) electrons. The predicted octanol–water partition coefficient (Wildman–Crippen LogP) is 17.4. The van der Waals surface area contributed by atoms with Crippen LogP contribution in [-0.4, -0.2) is 102 Å². The van der Waals surface area contributed by atoms with E-state index in [1.807, 2.05) is 88.1 Å². The van der Waals surface area contributed by atoms with Crippen molar-refractivity contribution in [2.45, 2.75) is 92.9 Å². The van der Waals surface area contributed by atoms with E-state index in [1.54, 1.807) is 118 Å². The first-order valence-electron chi connectivity index (χ1n) is 36.7. The predicted molar refractivity (Wildman–Crippen MR) is 463 cm³/mol. The number of aryl methyl sites for hydroxylation is 6. The van der Waals surface area contributed by atoms with E-state index in [-0.39, 0.29) is 107 Å². The first-order valence-corrected chi connectivity index (χ1v) is 40.7. The highest BCUT2D eigenvalue weighted by molar-refractivity contribution is 14.1. The number of fused-ring (bicyclic) bond motifs is 3. The number of carbonyl (C=O) groups excluding carboxylic acids is 4. The third kappa shape index (κ3) is 21.8. The molecule has 0 amide bonds. The van der Waals surface area contributed by atoms with Gasteiger partial charge >= 0.3 is 0 Å². The lowest BCUT2D eigenvalue weighted by Crippen LogP contribution is -2.11. The van der Waals surface area contributed by atoms with Crippen molar-refractivity contribution in [1.82, 2.24) is 39.4 Å². The van der Waals surface area contributed by atoms with Crippen LogP contribution in [0.5, 0.6) is 34.9 Å². The van der Waals surface area contributed by atoms with Gasteiger partial charge in [-0.2, -0.15) is 15.5 Å². The average Bonchev–Trinajstić information content (AvgIpc) is 1.65. The molecular formula is C89H89ClF4IN13O9S. The first-order chi connectivity index (χ1) is 55.9. The summed E-state index contributed by atoms with van der Waals surface area (Å²) in [5, 5.41) is 17.8. The zero-order valence-corrected chi connectivity index (χ0v) is 70.2. The number of aromatic nitrogens is 7. The van der Waals surface area contributed by atoms with E-state index < -0.39 is 34.0 Å². The summed E-state index contributed by atoms with van der Waals surface area (Å²) in [5.41, 5.74) is 42.1. The minimum absolute atomic E-state index is 0. The number of nitriles is 1. The number of halogens is 6. The van der Waals surface area contributed by atoms with Crippen LogP contribution in [0.1, 0.15) is 119 Å². The Hall–Kier alpha value is -12.4. The number of alkyl halides is 2. The number of nitrogens with two attached hydrogens (primary N) is 4. The second-order valence-electron chi connectivity index (χ2n) is 28.1. The zero-order chi connectivity index (χ0) is 84.7. The number of carbonyl (C=O) groups is 4. The lowest BCUT2D eigenvalue weighted by molar-refractivity contribution is -0.116. The quantitative estimate of drug-likeness (QED) is 0.00879. The number of allylic oxidation sites excluding steroid dienone is 4. The van der Waals surface area contributed by atoms with Crippen LogP contribution in [0.25, 0.3) is 29.6 Å². The molecule has 0 aliphatic heterocycles. The number of ketones is 4. The summed E-state index contributed by atoms with van der Waals surface area (Å²) >= 11 is 2.15. The molecule has 8 N–H and O–H groups in total. The van der Waals surface area contributed by atoms with Gasteiger partial charge in [-0.3, -0.25) is 23.6 Å². The average molecular weight is 1760 g/mol. The summed E-state index contributed by atoms with van der Waals surface area (Å²) in [6, 6.07) is 36.9. The molecule has 0 saturated carbocycles. The molecule has 5 heterocycles. The van der Waals surface area contributed by atoms with Crippen LogP contribution < -0.4 is 37.1 Å². The van der Waals surface area contributed by atoms with Gasteiger partial charge in [0.05, 0.1) is 65.5 Å². The highest BCUT2D eigenvalue weighted by Gasteiger charge is 2.29. The van der Waals surface area contributed by atoms with Gasteiger partial charge in [-0.15, -0.1) is 12.4 Å². The third-order valence-corrected chi connectivity index (χ3v) is 20.8. The molecule has 5 aromatic heterocycles. The smallest absolute Gasteiger partial charge is 0.219 e. The van der Waals surface area contributed by atoms with Crippen molar-refractivity contribution in [3.8, 4) is 52.3 Å². The van der Waals surface area contributed by atoms with E-state index in [0.29, 0.717) is 88.6 Å². The minimum Gasteiger partial charge on any atom is -0.436 e. The monoisotopic (exact) mass is 1760 g/mol. The number of hydrogen-bond acceptors (Lipinski definition) is 20. The Labute approximate surface area is 702 Å². The van der Waals surface area contributed by atoms with Crippen LogP contribution in [0.15, 0.2) is 187 Å². The Morgan fingerprint density at radius 2 is 0.966 bits per heavy atom. The Morgan fingerprint density at radius 1 is 0.568 bits per heavy atom. The lowest BCUT2D eigenvalue weighted by Gasteiger charge is -2.11. The highest BCUT2D eigenvalue weighted by atomic mass is 127. The number of anilines is 3. The molecule has 14 rings (SSSR count). The third-order valence-electron chi connectivity index (χ3n) is 19.1. The topological polar surface area (TPSA) is 336 Å². The van der Waals surface area contributed by atoms with Crippen LogP contribution in [-0.2, 0) is 57.4 Å². The summed E-state index contributed by atoms with van der Waals surface area (Å²) in [4.78, 5) is 66.8. The first kappa shape index (κ1) is 89.5. The fraction of sp³-hybridized carbons (Fsp3) is 0.213. The molecule has 0 unspecified atom stereocenters. The van der Waals surface area contributed by atoms with Gasteiger partial charge in [0.2, 0.25) is 23.4 Å². The summed E-state index contributed by atoms with van der Waals surface area (Å²) in [5.74, 6) is -0.926. The van der Waals surface area contributed by atoms with Crippen LogP contribution >= 0.6 is 35.0 Å². The molecule has 612 valence electrons. The Kier molecular flexibility index (Phi) is 30.3. The van der Waals surface area contributed by atoms with Gasteiger partial charge in [-0.25, -0.2) is 45.9 Å². The number of Topliss-reactive ketones (excluding diaryl/α,β-unsaturated/α-hetero) is 4. The fourth-order valence-electron chi connectivity index (χ4n) is 13.0. The van der Waals surface area contributed by atoms with Gasteiger partial charge in [0, 0.05) is 101 Å². The van der Waals surface area contributed by atoms with Gasteiger partial charge in [-0.05, 0) is 210 Å². The molecule has 3 aliphatic rings. The number of hydrogen-bond donors (Lipinski definition) is 4. The van der Waals surface area contributed by atoms with Crippen LogP contribution in [0.3, 0.4) is 0 Å². The van der Waals surface area contributed by atoms with E-state index in [4.69, 9.17) is 37.1 Å². The molecule has 118 heavy (non-hydrogen) atoms. The molecular weight excluding hydrogens is 1670 g/mol. The van der Waals surface area contributed by atoms with Crippen molar-refractivity contribution >= 4 is 104 Å². The molecule has 3 aliphatic carbocycles. The van der Waals surface area contributed by atoms with Crippen LogP contribution in [0.4, 0.5) is 34.9 Å². The van der Waals surface area contributed by atoms with Gasteiger partial charge in [0.25, 0.3) is 0 Å². The Balaban J connectivity index is 0.000000204. The molecule has 6 aromatic carbocycles. The maximum Gasteiger partial charge on any atom is 0.219 e. The Morgan fingerprint density at radius 3 is 1.38 bits per heavy atom. The number of nitrogens with zero attached hydrogens (tertiary/aromatic N) is 9. The molecule has 0 fully saturated rings. The molecule has 0 saturated heterocycles. The van der Waals surface area contributed by atoms with Gasteiger partial charge in [-0.1, -0.05) is 83.3 Å². The van der Waals surface area contributed by atoms with E-state index in [9.17, 15) is 50.4 Å². The SMILES string of the molecule is CC(=O)Cc1cc2c(cc1C)C=C(C(=O)C(C#N)=CN(C)C)C2.CI.Cc1cc(Oc2ccccc2F)ncc1CN.Cc1cc2c(cc1CS(=O)(=O)CCCF)CC(C(=O)c1cnn(-c3cnc(Oc4ccccc4F)cc3C)c1N)=C2.Cc1cc2c(cc1N)CC(C(=O)c1cnn(-c3cnc(Oc4ccccc4F)cc3C)c1N)=C2.Cl.[3HH]. The van der Waals surface area contributed by atoms with Gasteiger partial charge in [0.15, 0.2) is 56.1 Å². The van der Waals surface area contributed by atoms with E-state index >= 15 is 0 Å². The van der Waals surface area contributed by atoms with Crippen molar-refractivity contribution < 1.29 is 60.8 Å².